The zero-order valence-electron chi connectivity index (χ0n) is 10.8. The summed E-state index contributed by atoms with van der Waals surface area (Å²) in [7, 11) is 4.72. The van der Waals surface area contributed by atoms with Crippen molar-refractivity contribution in [3.8, 4) is 28.6 Å². The topological polar surface area (TPSA) is 53.7 Å². The Morgan fingerprint density at radius 1 is 1.00 bits per heavy atom. The molecular weight excluding hydrogens is 234 g/mol. The van der Waals surface area contributed by atoms with Gasteiger partial charge in [-0.3, -0.25) is 0 Å². The second-order valence-corrected chi connectivity index (χ2v) is 3.68. The lowest BCUT2D eigenvalue weighted by Gasteiger charge is -2.13. The van der Waals surface area contributed by atoms with Crippen LogP contribution in [-0.2, 0) is 0 Å². The van der Waals surface area contributed by atoms with Crippen LogP contribution in [0.15, 0.2) is 22.9 Å². The first-order chi connectivity index (χ1) is 8.71. The van der Waals surface area contributed by atoms with Gasteiger partial charge >= 0.3 is 0 Å². The fourth-order valence-corrected chi connectivity index (χ4v) is 1.79. The van der Waals surface area contributed by atoms with Gasteiger partial charge in [0.05, 0.1) is 27.0 Å². The number of nitrogens with zero attached hydrogens (tertiary/aromatic N) is 1. The average Bonchev–Trinajstić information content (AvgIpc) is 2.83. The molecule has 96 valence electrons. The summed E-state index contributed by atoms with van der Waals surface area (Å²) in [4.78, 5) is 4.07. The van der Waals surface area contributed by atoms with Crippen molar-refractivity contribution < 1.29 is 18.6 Å². The Morgan fingerprint density at radius 2 is 1.61 bits per heavy atom. The van der Waals surface area contributed by atoms with E-state index in [4.69, 9.17) is 18.6 Å². The van der Waals surface area contributed by atoms with Crippen LogP contribution in [0.4, 0.5) is 0 Å². The van der Waals surface area contributed by atoms with E-state index >= 15 is 0 Å². The maximum absolute atomic E-state index is 5.36. The van der Waals surface area contributed by atoms with Gasteiger partial charge in [-0.1, -0.05) is 0 Å². The van der Waals surface area contributed by atoms with Crippen LogP contribution in [0.25, 0.3) is 11.3 Å². The molecular formula is C13H15NO4. The van der Waals surface area contributed by atoms with Gasteiger partial charge in [0, 0.05) is 5.56 Å². The molecule has 0 saturated carbocycles. The molecule has 5 nitrogen and oxygen atoms in total. The number of aryl methyl sites for hydroxylation is 1. The Kier molecular flexibility index (Phi) is 3.41. The summed E-state index contributed by atoms with van der Waals surface area (Å²) in [6, 6.07) is 3.66. The van der Waals surface area contributed by atoms with Crippen LogP contribution in [0.5, 0.6) is 17.2 Å². The molecule has 0 N–H and O–H groups in total. The first-order valence-corrected chi connectivity index (χ1v) is 5.41. The number of oxazole rings is 1. The van der Waals surface area contributed by atoms with Crippen molar-refractivity contribution in [2.75, 3.05) is 21.3 Å². The summed E-state index contributed by atoms with van der Waals surface area (Å²) in [6.45, 7) is 1.88. The number of aromatic nitrogens is 1. The zero-order valence-corrected chi connectivity index (χ0v) is 10.8. The van der Waals surface area contributed by atoms with Crippen LogP contribution < -0.4 is 14.2 Å². The average molecular weight is 249 g/mol. The quantitative estimate of drug-likeness (QED) is 0.833. The molecule has 0 aliphatic carbocycles. The van der Waals surface area contributed by atoms with E-state index < -0.39 is 0 Å². The number of methoxy groups -OCH3 is 3. The number of ether oxygens (including phenoxy) is 3. The Balaban J connectivity index is 2.60. The smallest absolute Gasteiger partial charge is 0.203 e. The highest BCUT2D eigenvalue weighted by atomic mass is 16.5. The van der Waals surface area contributed by atoms with Gasteiger partial charge in [-0.05, 0) is 19.1 Å². The van der Waals surface area contributed by atoms with Gasteiger partial charge in [0.2, 0.25) is 5.75 Å². The van der Waals surface area contributed by atoms with Crippen molar-refractivity contribution in [3.63, 3.8) is 0 Å². The van der Waals surface area contributed by atoms with Gasteiger partial charge in [-0.2, -0.15) is 0 Å². The third-order valence-corrected chi connectivity index (χ3v) is 2.67. The fourth-order valence-electron chi connectivity index (χ4n) is 1.79. The summed E-state index contributed by atoms with van der Waals surface area (Å²) in [6.07, 6.45) is 1.41. The molecule has 1 heterocycles. The van der Waals surface area contributed by atoms with Crippen molar-refractivity contribution >= 4 is 0 Å². The Hall–Kier alpha value is -2.17. The van der Waals surface area contributed by atoms with Crippen molar-refractivity contribution in [2.45, 2.75) is 6.92 Å². The lowest BCUT2D eigenvalue weighted by atomic mass is 10.1. The molecule has 0 aliphatic rings. The zero-order chi connectivity index (χ0) is 13.1. The van der Waals surface area contributed by atoms with E-state index in [0.717, 1.165) is 11.3 Å². The highest BCUT2D eigenvalue weighted by Gasteiger charge is 2.16. The summed E-state index contributed by atoms with van der Waals surface area (Å²) in [5.74, 6) is 2.42. The minimum absolute atomic E-state index is 0.556. The fraction of sp³-hybridized carbons (Fsp3) is 0.308. The van der Waals surface area contributed by atoms with Gasteiger partial charge in [-0.15, -0.1) is 0 Å². The van der Waals surface area contributed by atoms with Crippen LogP contribution >= 0.6 is 0 Å². The van der Waals surface area contributed by atoms with Crippen LogP contribution in [0, 0.1) is 6.92 Å². The normalized spacial score (nSPS) is 10.2. The van der Waals surface area contributed by atoms with Crippen LogP contribution in [-0.4, -0.2) is 26.3 Å². The molecule has 0 saturated heterocycles. The first kappa shape index (κ1) is 12.3. The lowest BCUT2D eigenvalue weighted by Crippen LogP contribution is -1.95. The highest BCUT2D eigenvalue weighted by Crippen LogP contribution is 2.41. The summed E-state index contributed by atoms with van der Waals surface area (Å²) >= 11 is 0. The molecule has 18 heavy (non-hydrogen) atoms. The SMILES string of the molecule is COc1cc(-c2ocnc2C)cc(OC)c1OC. The molecule has 0 radical (unpaired) electrons. The third-order valence-electron chi connectivity index (χ3n) is 2.67. The predicted octanol–water partition coefficient (Wildman–Crippen LogP) is 2.68. The van der Waals surface area contributed by atoms with E-state index in [0.29, 0.717) is 23.0 Å². The molecule has 5 heteroatoms. The predicted molar refractivity (Wildman–Crippen MR) is 66.3 cm³/mol. The number of benzene rings is 1. The van der Waals surface area contributed by atoms with E-state index in [1.165, 1.54) is 6.39 Å². The Bertz CT molecular complexity index is 523. The van der Waals surface area contributed by atoms with Gasteiger partial charge < -0.3 is 18.6 Å². The van der Waals surface area contributed by atoms with Crippen LogP contribution in [0.2, 0.25) is 0 Å². The maximum Gasteiger partial charge on any atom is 0.203 e. The number of hydrogen-bond acceptors (Lipinski definition) is 5. The molecule has 1 aromatic heterocycles. The largest absolute Gasteiger partial charge is 0.493 e. The van der Waals surface area contributed by atoms with Crippen molar-refractivity contribution in [3.05, 3.63) is 24.2 Å². The summed E-state index contributed by atoms with van der Waals surface area (Å²) in [5.41, 5.74) is 1.64. The molecule has 2 aromatic rings. The highest BCUT2D eigenvalue weighted by molar-refractivity contribution is 5.68. The second-order valence-electron chi connectivity index (χ2n) is 3.68. The van der Waals surface area contributed by atoms with Crippen molar-refractivity contribution in [1.82, 2.24) is 4.98 Å². The first-order valence-electron chi connectivity index (χ1n) is 5.41. The summed E-state index contributed by atoms with van der Waals surface area (Å²) < 4.78 is 21.2. The molecule has 0 unspecified atom stereocenters. The summed E-state index contributed by atoms with van der Waals surface area (Å²) in [5, 5.41) is 0. The third kappa shape index (κ3) is 1.99. The molecule has 0 fully saturated rings. The molecule has 0 bridgehead atoms. The van der Waals surface area contributed by atoms with Gasteiger partial charge in [0.15, 0.2) is 23.7 Å². The Labute approximate surface area is 105 Å². The van der Waals surface area contributed by atoms with Gasteiger partial charge in [-0.25, -0.2) is 4.98 Å². The number of hydrogen-bond donors (Lipinski definition) is 0. The monoisotopic (exact) mass is 249 g/mol. The standard InChI is InChI=1S/C13H15NO4/c1-8-12(18-7-14-8)9-5-10(15-2)13(17-4)11(6-9)16-3/h5-7H,1-4H3. The van der Waals surface area contributed by atoms with Crippen LogP contribution in [0.3, 0.4) is 0 Å². The van der Waals surface area contributed by atoms with E-state index in [-0.39, 0.29) is 0 Å². The molecule has 0 atom stereocenters. The van der Waals surface area contributed by atoms with E-state index in [9.17, 15) is 0 Å². The maximum atomic E-state index is 5.36. The lowest BCUT2D eigenvalue weighted by molar-refractivity contribution is 0.324. The Morgan fingerprint density at radius 3 is 2.00 bits per heavy atom. The molecule has 0 amide bonds. The minimum atomic E-state index is 0.556. The molecule has 2 rings (SSSR count). The molecule has 0 spiro atoms. The molecule has 1 aromatic carbocycles. The second kappa shape index (κ2) is 5.00. The van der Waals surface area contributed by atoms with Crippen LogP contribution in [0.1, 0.15) is 5.69 Å². The number of rotatable bonds is 4. The molecule has 0 aliphatic heterocycles. The van der Waals surface area contributed by atoms with E-state index in [1.54, 1.807) is 21.3 Å². The van der Waals surface area contributed by atoms with E-state index in [1.807, 2.05) is 19.1 Å². The van der Waals surface area contributed by atoms with Gasteiger partial charge in [0.1, 0.15) is 0 Å². The van der Waals surface area contributed by atoms with E-state index in [2.05, 4.69) is 4.98 Å². The van der Waals surface area contributed by atoms with Crippen molar-refractivity contribution in [1.29, 1.82) is 0 Å². The van der Waals surface area contributed by atoms with Gasteiger partial charge in [0.25, 0.3) is 0 Å². The minimum Gasteiger partial charge on any atom is -0.493 e. The van der Waals surface area contributed by atoms with Crippen molar-refractivity contribution in [2.24, 2.45) is 0 Å².